The Hall–Kier alpha value is -2.82. The van der Waals surface area contributed by atoms with Crippen LogP contribution in [0.15, 0.2) is 35.5 Å². The van der Waals surface area contributed by atoms with Crippen LogP contribution in [-0.2, 0) is 17.9 Å². The number of amides is 1. The highest BCUT2D eigenvalue weighted by molar-refractivity contribution is 7.99. The largest absolute Gasteiger partial charge is 0.486 e. The number of hydrogen-bond acceptors (Lipinski definition) is 7. The first kappa shape index (κ1) is 24.8. The van der Waals surface area contributed by atoms with E-state index in [4.69, 9.17) is 27.9 Å². The number of carbonyl (C=O) groups is 1. The fraction of sp³-hybridized carbons (Fsp3) is 0.286. The molecule has 0 fully saturated rings. The maximum Gasteiger partial charge on any atom is 0.289 e. The summed E-state index contributed by atoms with van der Waals surface area (Å²) < 4.78 is 7.73. The number of benzene rings is 2. The van der Waals surface area contributed by atoms with Crippen LogP contribution in [-0.4, -0.2) is 31.3 Å². The molecule has 1 N–H and O–H groups in total. The van der Waals surface area contributed by atoms with Gasteiger partial charge >= 0.3 is 0 Å². The SMILES string of the molecule is CCn1c(COc2cc(C)c(Cl)c(C)c2)nnc1SCC(=O)Nc1ccc(Cl)c([N+](=O)[O-])c1. The fourth-order valence-corrected chi connectivity index (χ4v) is 4.16. The number of ether oxygens (including phenoxy) is 1. The first-order chi connectivity index (χ1) is 15.7. The standard InChI is InChI=1S/C21H21Cl2N5O4S/c1-4-27-18(10-32-15-7-12(2)20(23)13(3)8-15)25-26-21(27)33-11-19(29)24-14-5-6-16(22)17(9-14)28(30)31/h5-9H,4,10-11H2,1-3H3,(H,24,29). The molecule has 2 aromatic carbocycles. The van der Waals surface area contributed by atoms with E-state index in [-0.39, 0.29) is 34.7 Å². The molecule has 1 aromatic heterocycles. The Kier molecular flexibility index (Phi) is 8.17. The fourth-order valence-electron chi connectivity index (χ4n) is 3.05. The van der Waals surface area contributed by atoms with Gasteiger partial charge in [0.2, 0.25) is 5.91 Å². The summed E-state index contributed by atoms with van der Waals surface area (Å²) in [5.41, 5.74) is 1.87. The van der Waals surface area contributed by atoms with E-state index in [1.54, 1.807) is 0 Å². The molecule has 33 heavy (non-hydrogen) atoms. The number of nitro benzene ring substituents is 1. The van der Waals surface area contributed by atoms with Gasteiger partial charge in [-0.05, 0) is 56.2 Å². The quantitative estimate of drug-likeness (QED) is 0.232. The van der Waals surface area contributed by atoms with Gasteiger partial charge in [-0.2, -0.15) is 0 Å². The zero-order valence-electron chi connectivity index (χ0n) is 18.1. The molecule has 1 heterocycles. The monoisotopic (exact) mass is 509 g/mol. The highest BCUT2D eigenvalue weighted by Gasteiger charge is 2.16. The van der Waals surface area contributed by atoms with E-state index in [0.29, 0.717) is 28.3 Å². The van der Waals surface area contributed by atoms with Gasteiger partial charge in [0.05, 0.1) is 10.7 Å². The molecule has 0 spiro atoms. The predicted molar refractivity (Wildman–Crippen MR) is 128 cm³/mol. The number of carbonyl (C=O) groups excluding carboxylic acids is 1. The summed E-state index contributed by atoms with van der Waals surface area (Å²) in [6.45, 7) is 6.58. The average molecular weight is 510 g/mol. The van der Waals surface area contributed by atoms with E-state index in [9.17, 15) is 14.9 Å². The first-order valence-electron chi connectivity index (χ1n) is 9.87. The van der Waals surface area contributed by atoms with Gasteiger partial charge in [-0.25, -0.2) is 0 Å². The lowest BCUT2D eigenvalue weighted by molar-refractivity contribution is -0.384. The van der Waals surface area contributed by atoms with Gasteiger partial charge in [0, 0.05) is 23.3 Å². The average Bonchev–Trinajstić information content (AvgIpc) is 3.17. The number of nitrogens with one attached hydrogen (secondary N) is 1. The summed E-state index contributed by atoms with van der Waals surface area (Å²) in [5, 5.41) is 23.3. The zero-order valence-corrected chi connectivity index (χ0v) is 20.4. The van der Waals surface area contributed by atoms with Gasteiger partial charge in [0.25, 0.3) is 5.69 Å². The molecule has 0 saturated heterocycles. The lowest BCUT2D eigenvalue weighted by atomic mass is 10.1. The van der Waals surface area contributed by atoms with Crippen LogP contribution in [0.25, 0.3) is 0 Å². The molecule has 0 unspecified atom stereocenters. The normalized spacial score (nSPS) is 10.8. The summed E-state index contributed by atoms with van der Waals surface area (Å²) in [7, 11) is 0. The Morgan fingerprint density at radius 2 is 1.91 bits per heavy atom. The molecular formula is C21H21Cl2N5O4S. The Morgan fingerprint density at radius 3 is 2.55 bits per heavy atom. The molecule has 0 atom stereocenters. The van der Waals surface area contributed by atoms with Crippen LogP contribution in [0.3, 0.4) is 0 Å². The second-order valence-electron chi connectivity index (χ2n) is 7.06. The summed E-state index contributed by atoms with van der Waals surface area (Å²) in [5.74, 6) is 1.02. The number of rotatable bonds is 9. The number of anilines is 1. The van der Waals surface area contributed by atoms with Gasteiger partial charge < -0.3 is 14.6 Å². The van der Waals surface area contributed by atoms with Crippen LogP contribution in [0.2, 0.25) is 10.0 Å². The van der Waals surface area contributed by atoms with E-state index in [1.807, 2.05) is 37.5 Å². The van der Waals surface area contributed by atoms with Crippen molar-refractivity contribution in [2.24, 2.45) is 0 Å². The predicted octanol–water partition coefficient (Wildman–Crippen LogP) is 5.44. The van der Waals surface area contributed by atoms with E-state index in [2.05, 4.69) is 15.5 Å². The van der Waals surface area contributed by atoms with Crippen molar-refractivity contribution in [3.63, 3.8) is 0 Å². The zero-order chi connectivity index (χ0) is 24.1. The number of nitrogens with zero attached hydrogens (tertiary/aromatic N) is 4. The van der Waals surface area contributed by atoms with Gasteiger partial charge in [-0.3, -0.25) is 14.9 Å². The Labute approximate surface area is 204 Å². The molecule has 174 valence electrons. The van der Waals surface area contributed by atoms with E-state index in [0.717, 1.165) is 11.1 Å². The third-order valence-electron chi connectivity index (χ3n) is 4.65. The highest BCUT2D eigenvalue weighted by atomic mass is 35.5. The molecule has 9 nitrogen and oxygen atoms in total. The summed E-state index contributed by atoms with van der Waals surface area (Å²) in [6.07, 6.45) is 0. The second-order valence-corrected chi connectivity index (χ2v) is 8.79. The van der Waals surface area contributed by atoms with Crippen LogP contribution in [0.1, 0.15) is 23.9 Å². The topological polar surface area (TPSA) is 112 Å². The third-order valence-corrected chi connectivity index (χ3v) is 6.53. The summed E-state index contributed by atoms with van der Waals surface area (Å²) in [6, 6.07) is 7.81. The molecule has 12 heteroatoms. The van der Waals surface area contributed by atoms with Crippen molar-refractivity contribution >= 4 is 52.2 Å². The first-order valence-corrected chi connectivity index (χ1v) is 11.6. The van der Waals surface area contributed by atoms with Gasteiger partial charge in [-0.15, -0.1) is 10.2 Å². The lowest BCUT2D eigenvalue weighted by Gasteiger charge is -2.11. The maximum absolute atomic E-state index is 12.3. The Morgan fingerprint density at radius 1 is 1.21 bits per heavy atom. The minimum Gasteiger partial charge on any atom is -0.486 e. The van der Waals surface area contributed by atoms with Crippen molar-refractivity contribution < 1.29 is 14.5 Å². The minimum absolute atomic E-state index is 0.00194. The number of aromatic nitrogens is 3. The van der Waals surface area contributed by atoms with Crippen molar-refractivity contribution in [1.82, 2.24) is 14.8 Å². The van der Waals surface area contributed by atoms with Crippen LogP contribution in [0, 0.1) is 24.0 Å². The molecule has 0 aliphatic heterocycles. The van der Waals surface area contributed by atoms with Gasteiger partial charge in [0.15, 0.2) is 11.0 Å². The number of hydrogen-bond donors (Lipinski definition) is 1. The van der Waals surface area contributed by atoms with E-state index in [1.165, 1.54) is 30.0 Å². The van der Waals surface area contributed by atoms with Crippen molar-refractivity contribution in [3.05, 3.63) is 67.4 Å². The Bertz CT molecular complexity index is 1180. The van der Waals surface area contributed by atoms with Crippen LogP contribution >= 0.6 is 35.0 Å². The van der Waals surface area contributed by atoms with Crippen molar-refractivity contribution in [2.45, 2.75) is 39.1 Å². The highest BCUT2D eigenvalue weighted by Crippen LogP contribution is 2.28. The molecule has 0 radical (unpaired) electrons. The molecule has 0 saturated carbocycles. The van der Waals surface area contributed by atoms with Crippen molar-refractivity contribution in [2.75, 3.05) is 11.1 Å². The molecule has 0 bridgehead atoms. The molecule has 0 aliphatic carbocycles. The molecule has 1 amide bonds. The number of aryl methyl sites for hydroxylation is 2. The molecule has 3 aromatic rings. The Balaban J connectivity index is 1.61. The van der Waals surface area contributed by atoms with Crippen LogP contribution in [0.4, 0.5) is 11.4 Å². The third kappa shape index (κ3) is 6.16. The van der Waals surface area contributed by atoms with Crippen molar-refractivity contribution in [3.8, 4) is 5.75 Å². The molecule has 3 rings (SSSR count). The van der Waals surface area contributed by atoms with Crippen LogP contribution in [0.5, 0.6) is 5.75 Å². The number of nitro groups is 1. The summed E-state index contributed by atoms with van der Waals surface area (Å²) >= 11 is 13.2. The molecular weight excluding hydrogens is 489 g/mol. The second kappa shape index (κ2) is 10.9. The lowest BCUT2D eigenvalue weighted by Crippen LogP contribution is -2.15. The van der Waals surface area contributed by atoms with Crippen molar-refractivity contribution in [1.29, 1.82) is 0 Å². The number of thioether (sulfide) groups is 1. The van der Waals surface area contributed by atoms with Crippen LogP contribution < -0.4 is 10.1 Å². The summed E-state index contributed by atoms with van der Waals surface area (Å²) in [4.78, 5) is 22.7. The van der Waals surface area contributed by atoms with Gasteiger partial charge in [-0.1, -0.05) is 35.0 Å². The maximum atomic E-state index is 12.3. The molecule has 0 aliphatic rings. The smallest absolute Gasteiger partial charge is 0.289 e. The van der Waals surface area contributed by atoms with E-state index < -0.39 is 4.92 Å². The minimum atomic E-state index is -0.604. The van der Waals surface area contributed by atoms with E-state index >= 15 is 0 Å². The van der Waals surface area contributed by atoms with Gasteiger partial charge in [0.1, 0.15) is 17.4 Å². The number of halogens is 2.